The molecule has 1 unspecified atom stereocenters. The van der Waals surface area contributed by atoms with Crippen LogP contribution in [0.3, 0.4) is 0 Å². The Labute approximate surface area is 150 Å². The summed E-state index contributed by atoms with van der Waals surface area (Å²) in [5.41, 5.74) is 0. The molecule has 1 aliphatic rings. The lowest BCUT2D eigenvalue weighted by Crippen LogP contribution is -2.32. The van der Waals surface area contributed by atoms with Gasteiger partial charge in [-0.3, -0.25) is 4.79 Å². The molecule has 0 spiro atoms. The van der Waals surface area contributed by atoms with Gasteiger partial charge in [0.05, 0.1) is 6.04 Å². The number of nitro groups is 1. The molecule has 1 aliphatic carbocycles. The van der Waals surface area contributed by atoms with Gasteiger partial charge in [0.25, 0.3) is 0 Å². The van der Waals surface area contributed by atoms with Crippen LogP contribution in [0.15, 0.2) is 23.7 Å². The molecule has 0 radical (unpaired) electrons. The van der Waals surface area contributed by atoms with Crippen LogP contribution in [0.5, 0.6) is 0 Å². The van der Waals surface area contributed by atoms with Crippen molar-refractivity contribution >= 4 is 23.1 Å². The second kappa shape index (κ2) is 7.77. The number of hydrogen-bond acceptors (Lipinski definition) is 5. The Bertz CT molecular complexity index is 735. The third-order valence-electron chi connectivity index (χ3n) is 4.77. The normalized spacial score (nSPS) is 16.0. The second-order valence-electron chi connectivity index (χ2n) is 6.45. The van der Waals surface area contributed by atoms with Gasteiger partial charge in [0, 0.05) is 24.8 Å². The van der Waals surface area contributed by atoms with Crippen molar-refractivity contribution in [3.63, 3.8) is 0 Å². The van der Waals surface area contributed by atoms with Crippen LogP contribution in [0.25, 0.3) is 0 Å². The maximum atomic E-state index is 12.5. The van der Waals surface area contributed by atoms with Crippen LogP contribution in [0, 0.1) is 23.0 Å². The van der Waals surface area contributed by atoms with E-state index >= 15 is 0 Å². The monoisotopic (exact) mass is 362 g/mol. The van der Waals surface area contributed by atoms with E-state index in [0.717, 1.165) is 12.8 Å². The summed E-state index contributed by atoms with van der Waals surface area (Å²) in [6.07, 6.45) is 6.41. The fourth-order valence-electron chi connectivity index (χ4n) is 3.45. The van der Waals surface area contributed by atoms with Gasteiger partial charge in [0.1, 0.15) is 6.20 Å². The van der Waals surface area contributed by atoms with Gasteiger partial charge in [-0.1, -0.05) is 18.9 Å². The quantitative estimate of drug-likeness (QED) is 0.602. The summed E-state index contributed by atoms with van der Waals surface area (Å²) in [5.74, 6) is 0.838. The number of amides is 1. The average molecular weight is 362 g/mol. The number of carbonyl (C=O) groups excluding carboxylic acids is 1. The molecule has 3 rings (SSSR count). The van der Waals surface area contributed by atoms with Crippen molar-refractivity contribution in [1.82, 2.24) is 14.9 Å². The standard InChI is InChI=1S/C17H22N4O3S/c1-12-18-15(21(23)24)11-20(12)9-8-16(22)19-17(13-5-2-3-6-13)14-7-4-10-25-14/h4,7,10-11,13,17H,2-3,5-6,8-9H2,1H3,(H,19,22). The van der Waals surface area contributed by atoms with Gasteiger partial charge < -0.3 is 20.0 Å². The molecule has 0 bridgehead atoms. The first-order valence-corrected chi connectivity index (χ1v) is 9.43. The number of thiophene rings is 1. The molecule has 1 N–H and O–H groups in total. The molecular formula is C17H22N4O3S. The highest BCUT2D eigenvalue weighted by atomic mass is 32.1. The van der Waals surface area contributed by atoms with Crippen molar-refractivity contribution < 1.29 is 9.72 Å². The SMILES string of the molecule is Cc1nc([N+](=O)[O-])cn1CCC(=O)NC(c1cccs1)C1CCCC1. The number of hydrogen-bond donors (Lipinski definition) is 1. The van der Waals surface area contributed by atoms with Gasteiger partial charge >= 0.3 is 5.82 Å². The zero-order valence-electron chi connectivity index (χ0n) is 14.2. The topological polar surface area (TPSA) is 90.1 Å². The molecule has 2 aromatic rings. The summed E-state index contributed by atoms with van der Waals surface area (Å²) < 4.78 is 1.66. The summed E-state index contributed by atoms with van der Waals surface area (Å²) in [5, 5.41) is 16.0. The lowest BCUT2D eigenvalue weighted by molar-refractivity contribution is -0.389. The molecule has 1 amide bonds. The van der Waals surface area contributed by atoms with Crippen molar-refractivity contribution in [2.45, 2.75) is 51.6 Å². The van der Waals surface area contributed by atoms with Crippen LogP contribution in [0.1, 0.15) is 48.8 Å². The van der Waals surface area contributed by atoms with Crippen LogP contribution >= 0.6 is 11.3 Å². The highest BCUT2D eigenvalue weighted by molar-refractivity contribution is 7.10. The van der Waals surface area contributed by atoms with Crippen molar-refractivity contribution in [2.75, 3.05) is 0 Å². The molecule has 2 heterocycles. The minimum Gasteiger partial charge on any atom is -0.358 e. The number of aromatic nitrogens is 2. The van der Waals surface area contributed by atoms with Gasteiger partial charge in [-0.15, -0.1) is 11.3 Å². The first-order valence-electron chi connectivity index (χ1n) is 8.55. The maximum Gasteiger partial charge on any atom is 0.381 e. The Kier molecular flexibility index (Phi) is 5.47. The van der Waals surface area contributed by atoms with E-state index in [0.29, 0.717) is 18.3 Å². The molecule has 1 saturated carbocycles. The highest BCUT2D eigenvalue weighted by Crippen LogP contribution is 2.37. The molecule has 7 nitrogen and oxygen atoms in total. The molecule has 1 atom stereocenters. The number of nitrogens with one attached hydrogen (secondary N) is 1. The maximum absolute atomic E-state index is 12.5. The summed E-state index contributed by atoms with van der Waals surface area (Å²) in [6.45, 7) is 2.10. The summed E-state index contributed by atoms with van der Waals surface area (Å²) >= 11 is 1.68. The highest BCUT2D eigenvalue weighted by Gasteiger charge is 2.28. The minimum absolute atomic E-state index is 0.0268. The Morgan fingerprint density at radius 2 is 2.28 bits per heavy atom. The van der Waals surface area contributed by atoms with E-state index in [1.807, 2.05) is 11.4 Å². The number of carbonyl (C=O) groups is 1. The third-order valence-corrected chi connectivity index (χ3v) is 5.72. The van der Waals surface area contributed by atoms with E-state index in [1.165, 1.54) is 23.9 Å². The molecule has 2 aromatic heterocycles. The summed E-state index contributed by atoms with van der Waals surface area (Å²) in [6, 6.07) is 4.17. The second-order valence-corrected chi connectivity index (χ2v) is 7.43. The van der Waals surface area contributed by atoms with Crippen molar-refractivity contribution in [3.05, 3.63) is 44.5 Å². The van der Waals surface area contributed by atoms with Crippen molar-refractivity contribution in [2.24, 2.45) is 5.92 Å². The zero-order chi connectivity index (χ0) is 17.8. The molecule has 134 valence electrons. The summed E-state index contributed by atoms with van der Waals surface area (Å²) in [4.78, 5) is 27.8. The molecule has 0 aliphatic heterocycles. The van der Waals surface area contributed by atoms with Gasteiger partial charge in [-0.05, 0) is 40.1 Å². The van der Waals surface area contributed by atoms with E-state index in [9.17, 15) is 14.9 Å². The van der Waals surface area contributed by atoms with Crippen LogP contribution in [-0.2, 0) is 11.3 Å². The predicted octanol–water partition coefficient (Wildman–Crippen LogP) is 3.60. The lowest BCUT2D eigenvalue weighted by atomic mass is 9.96. The van der Waals surface area contributed by atoms with Crippen LogP contribution < -0.4 is 5.32 Å². The Balaban J connectivity index is 1.61. The van der Waals surface area contributed by atoms with E-state index in [4.69, 9.17) is 0 Å². The molecule has 25 heavy (non-hydrogen) atoms. The number of aryl methyl sites for hydroxylation is 2. The molecular weight excluding hydrogens is 340 g/mol. The third kappa shape index (κ3) is 4.25. The van der Waals surface area contributed by atoms with Gasteiger partial charge in [-0.2, -0.15) is 0 Å². The average Bonchev–Trinajstić information content (AvgIpc) is 3.32. The first kappa shape index (κ1) is 17.6. The molecule has 1 fully saturated rings. The van der Waals surface area contributed by atoms with Crippen LogP contribution in [0.2, 0.25) is 0 Å². The van der Waals surface area contributed by atoms with E-state index < -0.39 is 4.92 Å². The van der Waals surface area contributed by atoms with Gasteiger partial charge in [0.15, 0.2) is 0 Å². The van der Waals surface area contributed by atoms with Crippen molar-refractivity contribution in [1.29, 1.82) is 0 Å². The Morgan fingerprint density at radius 1 is 1.52 bits per heavy atom. The Hall–Kier alpha value is -2.22. The van der Waals surface area contributed by atoms with Gasteiger partial charge in [-0.25, -0.2) is 0 Å². The predicted molar refractivity (Wildman–Crippen MR) is 95.4 cm³/mol. The largest absolute Gasteiger partial charge is 0.381 e. The van der Waals surface area contributed by atoms with Crippen LogP contribution in [0.4, 0.5) is 5.82 Å². The van der Waals surface area contributed by atoms with E-state index in [-0.39, 0.29) is 24.2 Å². The van der Waals surface area contributed by atoms with E-state index in [2.05, 4.69) is 16.4 Å². The van der Waals surface area contributed by atoms with Crippen LogP contribution in [-0.4, -0.2) is 20.4 Å². The van der Waals surface area contributed by atoms with Gasteiger partial charge in [0.2, 0.25) is 11.7 Å². The van der Waals surface area contributed by atoms with E-state index in [1.54, 1.807) is 22.8 Å². The molecule has 0 saturated heterocycles. The summed E-state index contributed by atoms with van der Waals surface area (Å²) in [7, 11) is 0. The number of imidazole rings is 1. The zero-order valence-corrected chi connectivity index (χ0v) is 15.0. The molecule has 8 heteroatoms. The number of nitrogens with zero attached hydrogens (tertiary/aromatic N) is 3. The molecule has 0 aromatic carbocycles. The first-order chi connectivity index (χ1) is 12.0. The van der Waals surface area contributed by atoms with Crippen molar-refractivity contribution in [3.8, 4) is 0 Å². The number of rotatable bonds is 7. The lowest BCUT2D eigenvalue weighted by Gasteiger charge is -2.23. The fraction of sp³-hybridized carbons (Fsp3) is 0.529. The Morgan fingerprint density at radius 3 is 2.88 bits per heavy atom. The fourth-order valence-corrected chi connectivity index (χ4v) is 4.32. The smallest absolute Gasteiger partial charge is 0.358 e. The minimum atomic E-state index is -0.517.